The zero-order chi connectivity index (χ0) is 19.4. The summed E-state index contributed by atoms with van der Waals surface area (Å²) in [4.78, 5) is 26.3. The van der Waals surface area contributed by atoms with Crippen LogP contribution in [0.3, 0.4) is 0 Å². The molecule has 0 spiro atoms. The van der Waals surface area contributed by atoms with Gasteiger partial charge < -0.3 is 14.5 Å². The van der Waals surface area contributed by atoms with E-state index in [2.05, 4.69) is 5.32 Å². The number of aryl methyl sites for hydroxylation is 2. The third-order valence-corrected chi connectivity index (χ3v) is 5.86. The van der Waals surface area contributed by atoms with Gasteiger partial charge in [-0.2, -0.15) is 0 Å². The standard InChI is InChI=1S/C21H25NO4S/c1-4-13(2)26-21(24)19-16-7-5-6-8-17(16)27-20(19)22-18(23)12-11-15-10-9-14(3)25-15/h9-13H,4-8H2,1-3H3,(H,22,23)/b12-11-/t13-/m0/s1. The number of furan rings is 1. The third kappa shape index (κ3) is 4.69. The molecule has 2 heterocycles. The fourth-order valence-electron chi connectivity index (χ4n) is 3.05. The Morgan fingerprint density at radius 1 is 1.33 bits per heavy atom. The highest BCUT2D eigenvalue weighted by atomic mass is 32.1. The van der Waals surface area contributed by atoms with Crippen molar-refractivity contribution in [1.29, 1.82) is 0 Å². The number of amides is 1. The molecule has 0 aromatic carbocycles. The second-order valence-electron chi connectivity index (χ2n) is 6.81. The number of rotatable bonds is 6. The maximum absolute atomic E-state index is 12.7. The highest BCUT2D eigenvalue weighted by Gasteiger charge is 2.27. The Hall–Kier alpha value is -2.34. The fraction of sp³-hybridized carbons (Fsp3) is 0.429. The van der Waals surface area contributed by atoms with E-state index in [1.54, 1.807) is 12.1 Å². The average molecular weight is 388 g/mol. The molecule has 1 aliphatic carbocycles. The summed E-state index contributed by atoms with van der Waals surface area (Å²) in [6.07, 6.45) is 7.60. The molecular formula is C21H25NO4S. The van der Waals surface area contributed by atoms with Crippen molar-refractivity contribution in [2.24, 2.45) is 0 Å². The number of carbonyl (C=O) groups is 2. The fourth-order valence-corrected chi connectivity index (χ4v) is 4.33. The summed E-state index contributed by atoms with van der Waals surface area (Å²) in [6.45, 7) is 5.71. The minimum Gasteiger partial charge on any atom is -0.462 e. The molecule has 0 bridgehead atoms. The van der Waals surface area contributed by atoms with Gasteiger partial charge in [0, 0.05) is 11.0 Å². The Balaban J connectivity index is 1.81. The van der Waals surface area contributed by atoms with Crippen LogP contribution in [0.5, 0.6) is 0 Å². The van der Waals surface area contributed by atoms with Crippen molar-refractivity contribution in [2.45, 2.75) is 59.0 Å². The van der Waals surface area contributed by atoms with Gasteiger partial charge >= 0.3 is 5.97 Å². The Bertz CT molecular complexity index is 862. The summed E-state index contributed by atoms with van der Waals surface area (Å²) in [5, 5.41) is 3.45. The predicted octanol–water partition coefficient (Wildman–Crippen LogP) is 5.14. The number of hydrogen-bond donors (Lipinski definition) is 1. The van der Waals surface area contributed by atoms with Crippen molar-refractivity contribution >= 4 is 34.3 Å². The molecule has 3 rings (SSSR count). The quantitative estimate of drug-likeness (QED) is 0.551. The highest BCUT2D eigenvalue weighted by molar-refractivity contribution is 7.17. The molecule has 1 atom stereocenters. The first-order valence-corrected chi connectivity index (χ1v) is 10.2. The molecule has 0 saturated carbocycles. The van der Waals surface area contributed by atoms with E-state index in [4.69, 9.17) is 9.15 Å². The largest absolute Gasteiger partial charge is 0.462 e. The number of nitrogens with one attached hydrogen (secondary N) is 1. The molecule has 0 radical (unpaired) electrons. The molecule has 2 aromatic rings. The second kappa shape index (κ2) is 8.57. The SMILES string of the molecule is CC[C@H](C)OC(=O)c1c(NC(=O)/C=C\c2ccc(C)o2)sc2c1CCCC2. The number of hydrogen-bond acceptors (Lipinski definition) is 5. The molecule has 0 saturated heterocycles. The Kier molecular flexibility index (Phi) is 6.16. The lowest BCUT2D eigenvalue weighted by Gasteiger charge is -2.15. The molecule has 2 aromatic heterocycles. The van der Waals surface area contributed by atoms with Gasteiger partial charge in [0.25, 0.3) is 0 Å². The van der Waals surface area contributed by atoms with Gasteiger partial charge in [-0.3, -0.25) is 4.79 Å². The van der Waals surface area contributed by atoms with Gasteiger partial charge in [0.05, 0.1) is 11.7 Å². The maximum atomic E-state index is 12.7. The van der Waals surface area contributed by atoms with Crippen LogP contribution < -0.4 is 5.32 Å². The summed E-state index contributed by atoms with van der Waals surface area (Å²) < 4.78 is 11.0. The van der Waals surface area contributed by atoms with Gasteiger partial charge in [-0.1, -0.05) is 6.92 Å². The van der Waals surface area contributed by atoms with Crippen LogP contribution >= 0.6 is 11.3 Å². The highest BCUT2D eigenvalue weighted by Crippen LogP contribution is 2.38. The lowest BCUT2D eigenvalue weighted by Crippen LogP contribution is -2.18. The number of carbonyl (C=O) groups excluding carboxylic acids is 2. The van der Waals surface area contributed by atoms with Crippen LogP contribution in [-0.2, 0) is 22.4 Å². The van der Waals surface area contributed by atoms with Crippen LogP contribution in [0, 0.1) is 6.92 Å². The number of thiophene rings is 1. The number of ether oxygens (including phenoxy) is 1. The molecule has 1 aliphatic rings. The van der Waals surface area contributed by atoms with Crippen molar-refractivity contribution in [3.05, 3.63) is 45.7 Å². The molecule has 27 heavy (non-hydrogen) atoms. The van der Waals surface area contributed by atoms with Crippen molar-refractivity contribution in [2.75, 3.05) is 5.32 Å². The Morgan fingerprint density at radius 3 is 2.81 bits per heavy atom. The molecule has 0 fully saturated rings. The Labute approximate surface area is 163 Å². The summed E-state index contributed by atoms with van der Waals surface area (Å²) in [5.74, 6) is 0.769. The molecule has 1 amide bonds. The minimum atomic E-state index is -0.343. The predicted molar refractivity (Wildman–Crippen MR) is 107 cm³/mol. The van der Waals surface area contributed by atoms with Crippen molar-refractivity contribution in [3.63, 3.8) is 0 Å². The van der Waals surface area contributed by atoms with Gasteiger partial charge in [0.1, 0.15) is 16.5 Å². The van der Waals surface area contributed by atoms with E-state index in [9.17, 15) is 9.59 Å². The second-order valence-corrected chi connectivity index (χ2v) is 7.92. The van der Waals surface area contributed by atoms with E-state index < -0.39 is 0 Å². The van der Waals surface area contributed by atoms with E-state index >= 15 is 0 Å². The maximum Gasteiger partial charge on any atom is 0.341 e. The van der Waals surface area contributed by atoms with Gasteiger partial charge in [-0.15, -0.1) is 11.3 Å². The molecular weight excluding hydrogens is 362 g/mol. The normalized spacial score (nSPS) is 14.8. The zero-order valence-corrected chi connectivity index (χ0v) is 16.8. The van der Waals surface area contributed by atoms with E-state index in [0.717, 1.165) is 43.4 Å². The van der Waals surface area contributed by atoms with E-state index in [0.29, 0.717) is 16.3 Å². The van der Waals surface area contributed by atoms with Crippen LogP contribution in [0.1, 0.15) is 65.4 Å². The smallest absolute Gasteiger partial charge is 0.341 e. The van der Waals surface area contributed by atoms with Gasteiger partial charge in [-0.25, -0.2) is 4.79 Å². The first-order valence-electron chi connectivity index (χ1n) is 9.39. The van der Waals surface area contributed by atoms with Crippen LogP contribution in [0.25, 0.3) is 6.08 Å². The molecule has 0 aliphatic heterocycles. The first-order chi connectivity index (χ1) is 13.0. The van der Waals surface area contributed by atoms with Crippen molar-refractivity contribution in [1.82, 2.24) is 0 Å². The lowest BCUT2D eigenvalue weighted by molar-refractivity contribution is -0.111. The summed E-state index contributed by atoms with van der Waals surface area (Å²) in [7, 11) is 0. The van der Waals surface area contributed by atoms with Crippen molar-refractivity contribution in [3.8, 4) is 0 Å². The van der Waals surface area contributed by atoms with Crippen LogP contribution in [-0.4, -0.2) is 18.0 Å². The Morgan fingerprint density at radius 2 is 2.11 bits per heavy atom. The first kappa shape index (κ1) is 19.4. The number of esters is 1. The zero-order valence-electron chi connectivity index (χ0n) is 16.0. The monoisotopic (exact) mass is 387 g/mol. The van der Waals surface area contributed by atoms with E-state index in [-0.39, 0.29) is 18.0 Å². The van der Waals surface area contributed by atoms with Gasteiger partial charge in [0.2, 0.25) is 5.91 Å². The molecule has 0 unspecified atom stereocenters. The third-order valence-electron chi connectivity index (χ3n) is 4.66. The van der Waals surface area contributed by atoms with E-state index in [1.165, 1.54) is 22.3 Å². The molecule has 6 heteroatoms. The molecule has 1 N–H and O–H groups in total. The van der Waals surface area contributed by atoms with Crippen LogP contribution in [0.15, 0.2) is 22.6 Å². The number of fused-ring (bicyclic) bond motifs is 1. The van der Waals surface area contributed by atoms with Gasteiger partial charge in [0.15, 0.2) is 0 Å². The molecule has 5 nitrogen and oxygen atoms in total. The summed E-state index contributed by atoms with van der Waals surface area (Å²) in [6, 6.07) is 3.64. The van der Waals surface area contributed by atoms with Crippen LogP contribution in [0.4, 0.5) is 5.00 Å². The van der Waals surface area contributed by atoms with Crippen LogP contribution in [0.2, 0.25) is 0 Å². The van der Waals surface area contributed by atoms with Crippen molar-refractivity contribution < 1.29 is 18.7 Å². The minimum absolute atomic E-state index is 0.151. The summed E-state index contributed by atoms with van der Waals surface area (Å²) >= 11 is 1.49. The van der Waals surface area contributed by atoms with Gasteiger partial charge in [-0.05, 0) is 69.7 Å². The average Bonchev–Trinajstić information content (AvgIpc) is 3.22. The molecule has 144 valence electrons. The topological polar surface area (TPSA) is 68.5 Å². The summed E-state index contributed by atoms with van der Waals surface area (Å²) in [5.41, 5.74) is 1.58. The van der Waals surface area contributed by atoms with E-state index in [1.807, 2.05) is 26.8 Å². The number of anilines is 1. The lowest BCUT2D eigenvalue weighted by atomic mass is 9.95.